The smallest absolute Gasteiger partial charge is 0.301 e. The number of anilines is 1. The second-order valence-corrected chi connectivity index (χ2v) is 7.49. The zero-order valence-corrected chi connectivity index (χ0v) is 14.4. The summed E-state index contributed by atoms with van der Waals surface area (Å²) in [5.41, 5.74) is 2.59. The second kappa shape index (κ2) is 7.77. The zero-order valence-electron chi connectivity index (χ0n) is 13.6. The van der Waals surface area contributed by atoms with Crippen molar-refractivity contribution in [3.05, 3.63) is 29.3 Å². The van der Waals surface area contributed by atoms with Crippen LogP contribution >= 0.6 is 0 Å². The summed E-state index contributed by atoms with van der Waals surface area (Å²) in [5, 5.41) is 3.28. The van der Waals surface area contributed by atoms with Gasteiger partial charge in [0.2, 0.25) is 0 Å². The van der Waals surface area contributed by atoms with E-state index in [1.807, 2.05) is 32.0 Å². The van der Waals surface area contributed by atoms with Gasteiger partial charge in [-0.15, -0.1) is 0 Å². The molecule has 6 heteroatoms. The molecular weight excluding hydrogens is 286 g/mol. The molecule has 0 amide bonds. The van der Waals surface area contributed by atoms with Crippen molar-refractivity contribution >= 4 is 15.9 Å². The van der Waals surface area contributed by atoms with Crippen LogP contribution in [-0.2, 0) is 10.2 Å². The minimum Gasteiger partial charge on any atom is -0.314 e. The van der Waals surface area contributed by atoms with Crippen molar-refractivity contribution in [3.8, 4) is 0 Å². The Labute approximate surface area is 128 Å². The van der Waals surface area contributed by atoms with Crippen molar-refractivity contribution in [1.82, 2.24) is 9.62 Å². The predicted molar refractivity (Wildman–Crippen MR) is 88.8 cm³/mol. The van der Waals surface area contributed by atoms with Gasteiger partial charge >= 0.3 is 10.2 Å². The number of hydrogen-bond acceptors (Lipinski definition) is 3. The van der Waals surface area contributed by atoms with Crippen molar-refractivity contribution in [1.29, 1.82) is 0 Å². The number of benzene rings is 1. The summed E-state index contributed by atoms with van der Waals surface area (Å²) in [6.45, 7) is 9.27. The van der Waals surface area contributed by atoms with Crippen LogP contribution in [0.25, 0.3) is 0 Å². The Morgan fingerprint density at radius 1 is 1.24 bits per heavy atom. The Balaban J connectivity index is 2.61. The first-order chi connectivity index (χ1) is 9.72. The lowest BCUT2D eigenvalue weighted by Gasteiger charge is -2.20. The van der Waals surface area contributed by atoms with Gasteiger partial charge in [0.05, 0.1) is 5.69 Å². The van der Waals surface area contributed by atoms with Gasteiger partial charge < -0.3 is 5.32 Å². The molecule has 1 aromatic carbocycles. The van der Waals surface area contributed by atoms with Gasteiger partial charge in [-0.1, -0.05) is 26.0 Å². The van der Waals surface area contributed by atoms with Crippen LogP contribution in [0, 0.1) is 13.8 Å². The van der Waals surface area contributed by atoms with Crippen molar-refractivity contribution in [3.63, 3.8) is 0 Å². The molecule has 2 N–H and O–H groups in total. The molecule has 120 valence electrons. The summed E-state index contributed by atoms with van der Waals surface area (Å²) in [6, 6.07) is 6.15. The van der Waals surface area contributed by atoms with Gasteiger partial charge in [-0.05, 0) is 44.0 Å². The highest BCUT2D eigenvalue weighted by Gasteiger charge is 2.17. The Kier molecular flexibility index (Phi) is 6.64. The minimum absolute atomic E-state index is 0.417. The fourth-order valence-electron chi connectivity index (χ4n) is 1.88. The van der Waals surface area contributed by atoms with Crippen LogP contribution in [0.15, 0.2) is 18.2 Å². The maximum Gasteiger partial charge on any atom is 0.301 e. The highest BCUT2D eigenvalue weighted by atomic mass is 32.2. The fraction of sp³-hybridized carbons (Fsp3) is 0.600. The molecular formula is C15H27N3O2S. The molecule has 5 nitrogen and oxygen atoms in total. The van der Waals surface area contributed by atoms with Crippen LogP contribution in [0.3, 0.4) is 0 Å². The molecule has 0 aromatic heterocycles. The van der Waals surface area contributed by atoms with E-state index in [1.165, 1.54) is 4.31 Å². The average molecular weight is 313 g/mol. The maximum atomic E-state index is 12.3. The van der Waals surface area contributed by atoms with Crippen LogP contribution < -0.4 is 10.0 Å². The molecule has 0 saturated carbocycles. The third-order valence-electron chi connectivity index (χ3n) is 3.24. The topological polar surface area (TPSA) is 61.4 Å². The molecule has 1 rings (SSSR count). The van der Waals surface area contributed by atoms with E-state index in [4.69, 9.17) is 0 Å². The van der Waals surface area contributed by atoms with E-state index in [-0.39, 0.29) is 0 Å². The van der Waals surface area contributed by atoms with Crippen LogP contribution in [0.5, 0.6) is 0 Å². The number of nitrogens with zero attached hydrogens (tertiary/aromatic N) is 1. The van der Waals surface area contributed by atoms with Gasteiger partial charge in [0.15, 0.2) is 0 Å². The van der Waals surface area contributed by atoms with E-state index < -0.39 is 10.2 Å². The second-order valence-electron chi connectivity index (χ2n) is 5.71. The first kappa shape index (κ1) is 17.9. The Morgan fingerprint density at radius 2 is 1.90 bits per heavy atom. The van der Waals surface area contributed by atoms with Crippen LogP contribution in [0.2, 0.25) is 0 Å². The lowest BCUT2D eigenvalue weighted by Crippen LogP contribution is -2.35. The lowest BCUT2D eigenvalue weighted by atomic mass is 10.1. The fourth-order valence-corrected chi connectivity index (χ4v) is 2.90. The molecule has 0 aliphatic heterocycles. The number of hydrogen-bond donors (Lipinski definition) is 2. The van der Waals surface area contributed by atoms with Crippen LogP contribution in [0.4, 0.5) is 5.69 Å². The van der Waals surface area contributed by atoms with E-state index in [1.54, 1.807) is 7.05 Å². The molecule has 21 heavy (non-hydrogen) atoms. The normalized spacial score (nSPS) is 12.1. The van der Waals surface area contributed by atoms with Crippen molar-refractivity contribution < 1.29 is 8.42 Å². The van der Waals surface area contributed by atoms with Crippen LogP contribution in [0.1, 0.15) is 31.4 Å². The highest BCUT2D eigenvalue weighted by molar-refractivity contribution is 7.90. The Morgan fingerprint density at radius 3 is 2.52 bits per heavy atom. The summed E-state index contributed by atoms with van der Waals surface area (Å²) in [5.74, 6) is 0. The zero-order chi connectivity index (χ0) is 16.0. The van der Waals surface area contributed by atoms with Gasteiger partial charge in [0.25, 0.3) is 0 Å². The first-order valence-electron chi connectivity index (χ1n) is 7.27. The highest BCUT2D eigenvalue weighted by Crippen LogP contribution is 2.18. The molecule has 0 heterocycles. The van der Waals surface area contributed by atoms with E-state index >= 15 is 0 Å². The molecule has 0 radical (unpaired) electrons. The third kappa shape index (κ3) is 6.03. The molecule has 0 atom stereocenters. The van der Waals surface area contributed by atoms with Gasteiger partial charge in [-0.25, -0.2) is 0 Å². The van der Waals surface area contributed by atoms with Gasteiger partial charge in [0, 0.05) is 19.6 Å². The molecule has 0 spiro atoms. The van der Waals surface area contributed by atoms with Crippen molar-refractivity contribution in [2.24, 2.45) is 0 Å². The lowest BCUT2D eigenvalue weighted by molar-refractivity contribution is 0.451. The molecule has 0 aliphatic rings. The summed E-state index contributed by atoms with van der Waals surface area (Å²) < 4.78 is 28.6. The SMILES string of the molecule is Cc1ccc(C)c(NS(=O)(=O)N(C)CCCNC(C)C)c1. The molecule has 0 bridgehead atoms. The predicted octanol–water partition coefficient (Wildman–Crippen LogP) is 2.28. The van der Waals surface area contributed by atoms with E-state index in [0.717, 1.165) is 24.1 Å². The number of aryl methyl sites for hydroxylation is 2. The molecule has 0 fully saturated rings. The van der Waals surface area contributed by atoms with Gasteiger partial charge in [-0.2, -0.15) is 12.7 Å². The summed E-state index contributed by atoms with van der Waals surface area (Å²) in [7, 11) is -1.90. The minimum atomic E-state index is -3.50. The number of rotatable bonds is 8. The standard InChI is InChI=1S/C15H27N3O2S/c1-12(2)16-9-6-10-18(5)21(19,20)17-15-11-13(3)7-8-14(15)4/h7-8,11-12,16-17H,6,9-10H2,1-5H3. The largest absolute Gasteiger partial charge is 0.314 e. The Bertz CT molecular complexity index is 556. The van der Waals surface area contributed by atoms with Gasteiger partial charge in [0.1, 0.15) is 0 Å². The quantitative estimate of drug-likeness (QED) is 0.724. The van der Waals surface area contributed by atoms with E-state index in [0.29, 0.717) is 18.3 Å². The van der Waals surface area contributed by atoms with Crippen molar-refractivity contribution in [2.45, 2.75) is 40.2 Å². The van der Waals surface area contributed by atoms with E-state index in [9.17, 15) is 8.42 Å². The molecule has 0 unspecified atom stereocenters. The molecule has 1 aromatic rings. The Hall–Kier alpha value is -1.11. The molecule has 0 aliphatic carbocycles. The maximum absolute atomic E-state index is 12.3. The first-order valence-corrected chi connectivity index (χ1v) is 8.71. The summed E-state index contributed by atoms with van der Waals surface area (Å²) >= 11 is 0. The third-order valence-corrected chi connectivity index (χ3v) is 4.73. The summed E-state index contributed by atoms with van der Waals surface area (Å²) in [6.07, 6.45) is 0.780. The van der Waals surface area contributed by atoms with E-state index in [2.05, 4.69) is 23.9 Å². The number of nitrogens with one attached hydrogen (secondary N) is 2. The monoisotopic (exact) mass is 313 g/mol. The van der Waals surface area contributed by atoms with Crippen LogP contribution in [-0.4, -0.2) is 38.9 Å². The molecule has 0 saturated heterocycles. The van der Waals surface area contributed by atoms with Crippen molar-refractivity contribution in [2.75, 3.05) is 24.9 Å². The van der Waals surface area contributed by atoms with Gasteiger partial charge in [-0.3, -0.25) is 4.72 Å². The summed E-state index contributed by atoms with van der Waals surface area (Å²) in [4.78, 5) is 0. The average Bonchev–Trinajstić information content (AvgIpc) is 2.38.